The van der Waals surface area contributed by atoms with Crippen LogP contribution in [0.25, 0.3) is 0 Å². The summed E-state index contributed by atoms with van der Waals surface area (Å²) in [6, 6.07) is 5.06. The zero-order valence-corrected chi connectivity index (χ0v) is 13.5. The third kappa shape index (κ3) is 6.15. The first-order valence-electron chi connectivity index (χ1n) is 6.85. The zero-order valence-electron chi connectivity index (χ0n) is 11.9. The van der Waals surface area contributed by atoms with Crippen LogP contribution in [0.3, 0.4) is 0 Å². The molecule has 0 heterocycles. The van der Waals surface area contributed by atoms with Gasteiger partial charge in [0, 0.05) is 22.1 Å². The number of hydrogen-bond acceptors (Lipinski definition) is 2. The van der Waals surface area contributed by atoms with Crippen LogP contribution in [0.5, 0.6) is 0 Å². The Hall–Kier alpha value is -0.250. The van der Waals surface area contributed by atoms with Crippen molar-refractivity contribution in [1.29, 1.82) is 0 Å². The number of thioether (sulfide) groups is 1. The molecule has 0 fully saturated rings. The summed E-state index contributed by atoms with van der Waals surface area (Å²) in [5.41, 5.74) is 0.697. The van der Waals surface area contributed by atoms with Crippen LogP contribution in [0.4, 0.5) is 4.39 Å². The van der Waals surface area contributed by atoms with Crippen LogP contribution in [-0.4, -0.2) is 23.6 Å². The van der Waals surface area contributed by atoms with Gasteiger partial charge in [0.2, 0.25) is 0 Å². The number of likely N-dealkylation sites (N-methyl/N-ethyl adjacent to an activating group) is 1. The fraction of sp³-hybridized carbons (Fsp3) is 0.600. The second-order valence-electron chi connectivity index (χ2n) is 4.75. The second-order valence-corrected chi connectivity index (χ2v) is 6.65. The van der Waals surface area contributed by atoms with Gasteiger partial charge in [0.25, 0.3) is 0 Å². The number of halogens is 2. The Morgan fingerprint density at radius 2 is 2.11 bits per heavy atom. The van der Waals surface area contributed by atoms with Gasteiger partial charge in [0.1, 0.15) is 5.82 Å². The van der Waals surface area contributed by atoms with E-state index < -0.39 is 0 Å². The van der Waals surface area contributed by atoms with Gasteiger partial charge in [-0.25, -0.2) is 4.39 Å². The lowest BCUT2D eigenvalue weighted by Gasteiger charge is -2.20. The zero-order chi connectivity index (χ0) is 14.3. The van der Waals surface area contributed by atoms with E-state index in [1.165, 1.54) is 6.07 Å². The summed E-state index contributed by atoms with van der Waals surface area (Å²) in [5.74, 6) is 0.829. The topological polar surface area (TPSA) is 12.0 Å². The second kappa shape index (κ2) is 8.83. The molecule has 0 saturated heterocycles. The fourth-order valence-corrected chi connectivity index (χ4v) is 3.07. The Kier molecular flexibility index (Phi) is 7.81. The van der Waals surface area contributed by atoms with Crippen molar-refractivity contribution in [1.82, 2.24) is 5.32 Å². The molecule has 0 radical (unpaired) electrons. The quantitative estimate of drug-likeness (QED) is 0.757. The van der Waals surface area contributed by atoms with Gasteiger partial charge in [-0.1, -0.05) is 32.4 Å². The maximum absolute atomic E-state index is 13.7. The highest BCUT2D eigenvalue weighted by Gasteiger charge is 2.13. The lowest BCUT2D eigenvalue weighted by Crippen LogP contribution is -2.34. The van der Waals surface area contributed by atoms with Crippen molar-refractivity contribution in [3.8, 4) is 0 Å². The predicted octanol–water partition coefficient (Wildman–Crippen LogP) is 4.53. The number of rotatable bonds is 8. The molecule has 0 aromatic heterocycles. The molecule has 0 saturated carbocycles. The highest BCUT2D eigenvalue weighted by atomic mass is 35.5. The first kappa shape index (κ1) is 16.8. The Balaban J connectivity index is 2.63. The van der Waals surface area contributed by atoms with Gasteiger partial charge < -0.3 is 5.32 Å². The molecule has 2 unspecified atom stereocenters. The van der Waals surface area contributed by atoms with E-state index in [9.17, 15) is 4.39 Å². The molecule has 0 bridgehead atoms. The van der Waals surface area contributed by atoms with Gasteiger partial charge in [-0.3, -0.25) is 0 Å². The summed E-state index contributed by atoms with van der Waals surface area (Å²) in [6.07, 6.45) is 1.85. The minimum Gasteiger partial charge on any atom is -0.313 e. The molecule has 1 N–H and O–H groups in total. The van der Waals surface area contributed by atoms with Gasteiger partial charge in [0.15, 0.2) is 0 Å². The minimum absolute atomic E-state index is 0.166. The van der Waals surface area contributed by atoms with Crippen molar-refractivity contribution in [2.75, 3.05) is 12.3 Å². The van der Waals surface area contributed by atoms with E-state index >= 15 is 0 Å². The van der Waals surface area contributed by atoms with Crippen molar-refractivity contribution >= 4 is 23.4 Å². The molecule has 0 aliphatic heterocycles. The minimum atomic E-state index is -0.166. The molecular formula is C15H23ClFNS. The van der Waals surface area contributed by atoms with Crippen LogP contribution in [-0.2, 0) is 6.42 Å². The largest absolute Gasteiger partial charge is 0.313 e. The molecular weight excluding hydrogens is 281 g/mol. The third-order valence-electron chi connectivity index (χ3n) is 3.12. The van der Waals surface area contributed by atoms with Gasteiger partial charge in [-0.15, -0.1) is 0 Å². The predicted molar refractivity (Wildman–Crippen MR) is 84.8 cm³/mol. The monoisotopic (exact) mass is 303 g/mol. The van der Waals surface area contributed by atoms with E-state index in [0.29, 0.717) is 22.3 Å². The number of benzene rings is 1. The van der Waals surface area contributed by atoms with Crippen LogP contribution in [0.2, 0.25) is 5.02 Å². The lowest BCUT2D eigenvalue weighted by atomic mass is 10.1. The van der Waals surface area contributed by atoms with Gasteiger partial charge in [-0.05, 0) is 43.1 Å². The van der Waals surface area contributed by atoms with Crippen molar-refractivity contribution in [2.24, 2.45) is 0 Å². The molecule has 4 heteroatoms. The van der Waals surface area contributed by atoms with E-state index in [2.05, 4.69) is 26.1 Å². The normalized spacial score (nSPS) is 14.4. The molecule has 19 heavy (non-hydrogen) atoms. The maximum Gasteiger partial charge on any atom is 0.126 e. The smallest absolute Gasteiger partial charge is 0.126 e. The van der Waals surface area contributed by atoms with Crippen molar-refractivity contribution < 1.29 is 4.39 Å². The average Bonchev–Trinajstić information content (AvgIpc) is 2.40. The molecule has 1 nitrogen and oxygen atoms in total. The third-order valence-corrected chi connectivity index (χ3v) is 4.86. The van der Waals surface area contributed by atoms with Crippen molar-refractivity contribution in [3.05, 3.63) is 34.6 Å². The molecule has 108 valence electrons. The summed E-state index contributed by atoms with van der Waals surface area (Å²) in [5, 5.41) is 4.67. The summed E-state index contributed by atoms with van der Waals surface area (Å²) >= 11 is 7.87. The Labute approximate surface area is 125 Å². The molecule has 1 rings (SSSR count). The van der Waals surface area contributed by atoms with Crippen LogP contribution < -0.4 is 5.32 Å². The Bertz CT molecular complexity index is 386. The molecule has 1 aromatic rings. The summed E-state index contributed by atoms with van der Waals surface area (Å²) in [7, 11) is 0. The van der Waals surface area contributed by atoms with Crippen LogP contribution in [0, 0.1) is 5.82 Å². The summed E-state index contributed by atoms with van der Waals surface area (Å²) in [4.78, 5) is 0. The van der Waals surface area contributed by atoms with Gasteiger partial charge >= 0.3 is 0 Å². The first-order chi connectivity index (χ1) is 9.06. The van der Waals surface area contributed by atoms with E-state index in [4.69, 9.17) is 11.6 Å². The van der Waals surface area contributed by atoms with Crippen LogP contribution in [0.1, 0.15) is 32.8 Å². The number of hydrogen-bond donors (Lipinski definition) is 1. The highest BCUT2D eigenvalue weighted by molar-refractivity contribution is 7.99. The molecule has 0 aliphatic carbocycles. The molecule has 2 atom stereocenters. The van der Waals surface area contributed by atoms with Crippen LogP contribution in [0.15, 0.2) is 18.2 Å². The lowest BCUT2D eigenvalue weighted by molar-refractivity contribution is 0.545. The Morgan fingerprint density at radius 3 is 2.74 bits per heavy atom. The van der Waals surface area contributed by atoms with Crippen LogP contribution >= 0.6 is 23.4 Å². The molecule has 0 amide bonds. The summed E-state index contributed by atoms with van der Waals surface area (Å²) < 4.78 is 13.7. The average molecular weight is 304 g/mol. The van der Waals surface area contributed by atoms with Gasteiger partial charge in [-0.2, -0.15) is 11.8 Å². The Morgan fingerprint density at radius 1 is 1.37 bits per heavy atom. The van der Waals surface area contributed by atoms with Crippen molar-refractivity contribution in [3.63, 3.8) is 0 Å². The SMILES string of the molecule is CCNC(CSC(C)CC)Cc1cc(Cl)ccc1F. The standard InChI is InChI=1S/C15H23ClFNS/c1-4-11(3)19-10-14(18-5-2)9-12-8-13(16)6-7-15(12)17/h6-8,11,14,18H,4-5,9-10H2,1-3H3. The maximum atomic E-state index is 13.7. The van der Waals surface area contributed by atoms with E-state index in [1.807, 2.05) is 11.8 Å². The van der Waals surface area contributed by atoms with Gasteiger partial charge in [0.05, 0.1) is 0 Å². The van der Waals surface area contributed by atoms with E-state index in [0.717, 1.165) is 18.7 Å². The molecule has 1 aromatic carbocycles. The first-order valence-corrected chi connectivity index (χ1v) is 8.28. The summed E-state index contributed by atoms with van der Waals surface area (Å²) in [6.45, 7) is 7.40. The molecule has 0 aliphatic rings. The molecule has 0 spiro atoms. The van der Waals surface area contributed by atoms with Crippen molar-refractivity contribution in [2.45, 2.75) is 44.9 Å². The van der Waals surface area contributed by atoms with E-state index in [-0.39, 0.29) is 11.9 Å². The van der Waals surface area contributed by atoms with E-state index in [1.54, 1.807) is 12.1 Å². The number of nitrogens with one attached hydrogen (secondary N) is 1. The highest BCUT2D eigenvalue weighted by Crippen LogP contribution is 2.20. The fourth-order valence-electron chi connectivity index (χ4n) is 1.84.